The van der Waals surface area contributed by atoms with Gasteiger partial charge in [-0.15, -0.1) is 0 Å². The summed E-state index contributed by atoms with van der Waals surface area (Å²) in [7, 11) is 0. The summed E-state index contributed by atoms with van der Waals surface area (Å²) < 4.78 is 48.8. The van der Waals surface area contributed by atoms with Crippen molar-refractivity contribution in [2.75, 3.05) is 0 Å². The van der Waals surface area contributed by atoms with Gasteiger partial charge in [-0.3, -0.25) is 24.0 Å². The molecule has 318 valence electrons. The molecule has 1 saturated carbocycles. The second kappa shape index (κ2) is 14.5. The molecule has 8 aliphatic rings. The van der Waals surface area contributed by atoms with Crippen molar-refractivity contribution in [1.82, 2.24) is 0 Å². The third kappa shape index (κ3) is 6.62. The van der Waals surface area contributed by atoms with Crippen LogP contribution in [0.25, 0.3) is 0 Å². The highest BCUT2D eigenvalue weighted by Crippen LogP contribution is 2.53. The maximum Gasteiger partial charge on any atom is 0.198 e. The molecule has 0 radical (unpaired) electrons. The number of fused-ring (bicyclic) bond motifs is 5. The molecule has 1 aromatic rings. The van der Waals surface area contributed by atoms with Crippen molar-refractivity contribution >= 4 is 28.9 Å². The Labute approximate surface area is 340 Å². The van der Waals surface area contributed by atoms with Gasteiger partial charge in [-0.25, -0.2) is 0 Å². The molecule has 5 heterocycles. The lowest BCUT2D eigenvalue weighted by Crippen LogP contribution is -2.69. The summed E-state index contributed by atoms with van der Waals surface area (Å²) in [5.41, 5.74) is -7.72. The van der Waals surface area contributed by atoms with Crippen molar-refractivity contribution in [2.24, 2.45) is 0 Å². The first-order chi connectivity index (χ1) is 27.9. The quantitative estimate of drug-likeness (QED) is 0.389. The van der Waals surface area contributed by atoms with E-state index >= 15 is 0 Å². The van der Waals surface area contributed by atoms with Gasteiger partial charge < -0.3 is 53.2 Å². The maximum atomic E-state index is 14.4. The van der Waals surface area contributed by atoms with Crippen molar-refractivity contribution in [2.45, 2.75) is 177 Å². The van der Waals surface area contributed by atoms with Crippen molar-refractivity contribution in [3.05, 3.63) is 52.1 Å². The number of hydrogen-bond acceptors (Lipinski definition) is 16. The first kappa shape index (κ1) is 40.8. The van der Waals surface area contributed by atoms with Gasteiger partial charge in [0.2, 0.25) is 0 Å². The Kier molecular flexibility index (Phi) is 10.1. The number of ketones is 5. The Morgan fingerprint density at radius 2 is 1.56 bits per heavy atom. The fourth-order valence-corrected chi connectivity index (χ4v) is 10.3. The zero-order chi connectivity index (χ0) is 41.9. The Morgan fingerprint density at radius 1 is 0.797 bits per heavy atom. The number of rotatable bonds is 5. The van der Waals surface area contributed by atoms with E-state index in [1.165, 1.54) is 18.2 Å². The molecule has 0 aromatic heterocycles. The minimum atomic E-state index is -2.80. The summed E-state index contributed by atoms with van der Waals surface area (Å²) in [5.74, 6) is -3.19. The number of carbonyl (C=O) groups is 5. The van der Waals surface area contributed by atoms with Crippen LogP contribution in [-0.2, 0) is 52.3 Å². The molecule has 0 amide bonds. The highest BCUT2D eigenvalue weighted by Gasteiger charge is 2.67. The average Bonchev–Trinajstić information content (AvgIpc) is 3.16. The lowest BCUT2D eigenvalue weighted by Gasteiger charge is -2.53. The van der Waals surface area contributed by atoms with Crippen LogP contribution in [0.4, 0.5) is 0 Å². The Morgan fingerprint density at radius 3 is 2.31 bits per heavy atom. The van der Waals surface area contributed by atoms with Crippen LogP contribution in [0, 0.1) is 0 Å². The van der Waals surface area contributed by atoms with Gasteiger partial charge >= 0.3 is 0 Å². The molecule has 6 fully saturated rings. The monoisotopic (exact) mass is 822 g/mol. The number of phenols is 1. The fraction of sp³-hybridized carbons (Fsp3) is 0.651. The second-order valence-electron chi connectivity index (χ2n) is 17.6. The van der Waals surface area contributed by atoms with Crippen LogP contribution in [0.2, 0.25) is 0 Å². The molecule has 5 aliphatic heterocycles. The summed E-state index contributed by atoms with van der Waals surface area (Å²) in [4.78, 5) is 67.0. The summed E-state index contributed by atoms with van der Waals surface area (Å²) in [6.45, 7) is 8.59. The SMILES string of the molecule is C[C@@H]1O[C@H](O[C@H]2CC[C@H](O[C@]3(C)CC(=O)[C@]4(O)C5=C(C=C[C@@]4(O)C3)C(=O)c3c(ccc([C@H]4C[C@@H]6O[C@@H]7CC(=O)[C@H](C)O[C@@H]7O[C@H]6[C@H](C)O4)c3O)C5=O)O[C@@H]2C)CCC1=O. The van der Waals surface area contributed by atoms with Gasteiger partial charge in [0.15, 0.2) is 53.4 Å². The number of hydrogen-bond donors (Lipinski definition) is 3. The molecule has 3 aliphatic carbocycles. The van der Waals surface area contributed by atoms with E-state index < -0.39 is 120 Å². The normalized spacial score (nSPS) is 44.7. The van der Waals surface area contributed by atoms with Crippen LogP contribution in [0.5, 0.6) is 5.75 Å². The smallest absolute Gasteiger partial charge is 0.198 e. The highest BCUT2D eigenvalue weighted by atomic mass is 16.7. The number of aromatic hydroxyl groups is 1. The fourth-order valence-electron chi connectivity index (χ4n) is 10.3. The van der Waals surface area contributed by atoms with Crippen LogP contribution < -0.4 is 0 Å². The summed E-state index contributed by atoms with van der Waals surface area (Å²) >= 11 is 0. The Bertz CT molecular complexity index is 2060. The number of carbonyl (C=O) groups excluding carboxylic acids is 5. The predicted octanol–water partition coefficient (Wildman–Crippen LogP) is 2.95. The van der Waals surface area contributed by atoms with E-state index in [0.717, 1.165) is 6.08 Å². The van der Waals surface area contributed by atoms with E-state index in [-0.39, 0.29) is 59.2 Å². The van der Waals surface area contributed by atoms with E-state index in [2.05, 4.69) is 0 Å². The van der Waals surface area contributed by atoms with Gasteiger partial charge in [-0.2, -0.15) is 0 Å². The van der Waals surface area contributed by atoms with Crippen LogP contribution >= 0.6 is 0 Å². The second-order valence-corrected chi connectivity index (χ2v) is 17.6. The first-order valence-corrected chi connectivity index (χ1v) is 20.6. The number of aliphatic hydroxyl groups is 2. The maximum absolute atomic E-state index is 14.4. The van der Waals surface area contributed by atoms with Crippen molar-refractivity contribution in [3.63, 3.8) is 0 Å². The molecule has 9 rings (SSSR count). The minimum Gasteiger partial charge on any atom is -0.507 e. The largest absolute Gasteiger partial charge is 0.507 e. The van der Waals surface area contributed by atoms with Gasteiger partial charge in [-0.05, 0) is 53.2 Å². The van der Waals surface area contributed by atoms with E-state index in [1.54, 1.807) is 27.7 Å². The van der Waals surface area contributed by atoms with Crippen molar-refractivity contribution < 1.29 is 77.2 Å². The summed E-state index contributed by atoms with van der Waals surface area (Å²) in [6, 6.07) is 2.80. The standard InChI is InChI=1S/C43H50O16/c1-18-25(44)8-10-32(53-18)57-27-9-11-33(54-20(27)3)59-41(5)16-31(46)43(51)35-24(12-13-42(43,50)17-41)37(48)34-23(38(35)49)7-6-22(36(34)47)28-15-29-39(21(4)52-28)58-40-30(56-29)14-26(45)19(2)55-40/h6-7,12-13,18-21,27-30,32-33,39-40,47,50-51H,8-11,14-17H2,1-5H3/t18-,19-,20+,21-,27-,28+,29-,30+,32+,33-,39-,40+,41+,42+,43-/m0/s1. The first-order valence-electron chi connectivity index (χ1n) is 20.6. The molecular formula is C43H50O16. The minimum absolute atomic E-state index is 0.0306. The number of Topliss-reactive ketones (excluding diaryl/α,β-unsaturated/α-hetero) is 5. The van der Waals surface area contributed by atoms with Crippen molar-refractivity contribution in [1.29, 1.82) is 0 Å². The summed E-state index contributed by atoms with van der Waals surface area (Å²) in [6.07, 6.45) is -3.32. The number of benzene rings is 1. The number of allylic oxidation sites excluding steroid dienone is 2. The zero-order valence-corrected chi connectivity index (χ0v) is 33.5. The molecule has 59 heavy (non-hydrogen) atoms. The molecule has 0 unspecified atom stereocenters. The van der Waals surface area contributed by atoms with E-state index in [0.29, 0.717) is 25.7 Å². The topological polar surface area (TPSA) is 220 Å². The van der Waals surface area contributed by atoms with Gasteiger partial charge in [0, 0.05) is 61.6 Å². The summed E-state index contributed by atoms with van der Waals surface area (Å²) in [5, 5.41) is 36.1. The molecule has 1 aromatic carbocycles. The highest BCUT2D eigenvalue weighted by molar-refractivity contribution is 6.32. The Hall–Kier alpha value is -3.55. The van der Waals surface area contributed by atoms with Gasteiger partial charge in [0.1, 0.15) is 35.8 Å². The van der Waals surface area contributed by atoms with Crippen LogP contribution in [-0.4, -0.2) is 129 Å². The molecule has 0 bridgehead atoms. The van der Waals surface area contributed by atoms with Gasteiger partial charge in [-0.1, -0.05) is 12.1 Å². The lowest BCUT2D eigenvalue weighted by molar-refractivity contribution is -0.347. The van der Waals surface area contributed by atoms with Crippen molar-refractivity contribution in [3.8, 4) is 5.75 Å². The average molecular weight is 823 g/mol. The predicted molar refractivity (Wildman–Crippen MR) is 199 cm³/mol. The number of ether oxygens (including phenoxy) is 8. The molecule has 3 N–H and O–H groups in total. The third-order valence-corrected chi connectivity index (χ3v) is 13.4. The van der Waals surface area contributed by atoms with Gasteiger partial charge in [0.25, 0.3) is 0 Å². The van der Waals surface area contributed by atoms with E-state index in [1.807, 2.05) is 6.92 Å². The van der Waals surface area contributed by atoms with Crippen LogP contribution in [0.15, 0.2) is 35.4 Å². The molecule has 0 spiro atoms. The molecule has 16 heteroatoms. The molecular weight excluding hydrogens is 772 g/mol. The van der Waals surface area contributed by atoms with Crippen LogP contribution in [0.3, 0.4) is 0 Å². The van der Waals surface area contributed by atoms with E-state index in [4.69, 9.17) is 37.9 Å². The zero-order valence-electron chi connectivity index (χ0n) is 33.5. The Balaban J connectivity index is 0.908. The lowest BCUT2D eigenvalue weighted by atomic mass is 9.57. The third-order valence-electron chi connectivity index (χ3n) is 13.4. The van der Waals surface area contributed by atoms with Gasteiger partial charge in [0.05, 0.1) is 47.3 Å². The van der Waals surface area contributed by atoms with Crippen LogP contribution in [0.1, 0.15) is 118 Å². The molecule has 16 nitrogen and oxygen atoms in total. The van der Waals surface area contributed by atoms with E-state index in [9.17, 15) is 39.3 Å². The number of phenolic OH excluding ortho intramolecular Hbond substituents is 1. The molecule has 15 atom stereocenters. The molecule has 5 saturated heterocycles.